The van der Waals surface area contributed by atoms with Crippen LogP contribution in [-0.2, 0) is 21.4 Å². The molecule has 0 radical (unpaired) electrons. The van der Waals surface area contributed by atoms with Crippen molar-refractivity contribution in [2.75, 3.05) is 18.0 Å². The Morgan fingerprint density at radius 1 is 1.14 bits per heavy atom. The van der Waals surface area contributed by atoms with Crippen LogP contribution in [0.25, 0.3) is 0 Å². The van der Waals surface area contributed by atoms with Crippen LogP contribution in [0.5, 0.6) is 0 Å². The summed E-state index contributed by atoms with van der Waals surface area (Å²) in [6, 6.07) is 14.2. The number of carbonyl (C=O) groups excluding carboxylic acids is 2. The third kappa shape index (κ3) is 3.50. The van der Waals surface area contributed by atoms with E-state index >= 15 is 0 Å². The van der Waals surface area contributed by atoms with Crippen LogP contribution in [0.1, 0.15) is 41.8 Å². The van der Waals surface area contributed by atoms with E-state index in [1.807, 2.05) is 6.07 Å². The van der Waals surface area contributed by atoms with E-state index in [0.717, 1.165) is 11.3 Å². The first-order valence-corrected chi connectivity index (χ1v) is 9.37. The average Bonchev–Trinajstić information content (AvgIpc) is 3.12. The number of carbonyl (C=O) groups is 3. The molecular formula is C22H24N2O4. The van der Waals surface area contributed by atoms with Crippen molar-refractivity contribution in [3.8, 4) is 0 Å². The molecule has 1 atom stereocenters. The van der Waals surface area contributed by atoms with Crippen molar-refractivity contribution < 1.29 is 19.5 Å². The van der Waals surface area contributed by atoms with Gasteiger partial charge in [0.05, 0.1) is 0 Å². The maximum absolute atomic E-state index is 12.7. The zero-order valence-electron chi connectivity index (χ0n) is 16.1. The summed E-state index contributed by atoms with van der Waals surface area (Å²) < 4.78 is 0. The van der Waals surface area contributed by atoms with Crippen LogP contribution in [-0.4, -0.2) is 36.0 Å². The summed E-state index contributed by atoms with van der Waals surface area (Å²) in [6.45, 7) is 3.94. The number of nitrogens with one attached hydrogen (secondary N) is 1. The first kappa shape index (κ1) is 19.6. The lowest BCUT2D eigenvalue weighted by atomic mass is 9.78. The van der Waals surface area contributed by atoms with Crippen LogP contribution in [0.2, 0.25) is 0 Å². The summed E-state index contributed by atoms with van der Waals surface area (Å²) in [5.41, 5.74) is 1.73. The highest BCUT2D eigenvalue weighted by molar-refractivity contribution is 5.98. The Labute approximate surface area is 164 Å². The van der Waals surface area contributed by atoms with Gasteiger partial charge in [0.2, 0.25) is 5.91 Å². The first-order valence-electron chi connectivity index (χ1n) is 9.37. The minimum Gasteiger partial charge on any atom is -0.481 e. The molecule has 3 rings (SSSR count). The number of benzene rings is 2. The quantitative estimate of drug-likeness (QED) is 0.807. The van der Waals surface area contributed by atoms with Crippen molar-refractivity contribution in [3.05, 3.63) is 65.2 Å². The van der Waals surface area contributed by atoms with Crippen molar-refractivity contribution in [2.24, 2.45) is 0 Å². The largest absolute Gasteiger partial charge is 0.481 e. The van der Waals surface area contributed by atoms with E-state index in [1.165, 1.54) is 6.92 Å². The number of anilines is 1. The first-order chi connectivity index (χ1) is 13.4. The molecule has 1 heterocycles. The highest BCUT2D eigenvalue weighted by Crippen LogP contribution is 2.30. The van der Waals surface area contributed by atoms with Gasteiger partial charge < -0.3 is 15.3 Å². The molecular weight excluding hydrogens is 356 g/mol. The molecule has 2 aromatic carbocycles. The molecule has 6 nitrogen and oxygen atoms in total. The fourth-order valence-corrected chi connectivity index (χ4v) is 3.74. The molecule has 0 aliphatic carbocycles. The number of carboxylic acid groups (broad SMARTS) is 1. The number of carboxylic acids is 1. The van der Waals surface area contributed by atoms with Gasteiger partial charge in [-0.3, -0.25) is 14.4 Å². The van der Waals surface area contributed by atoms with Crippen LogP contribution in [0.3, 0.4) is 0 Å². The summed E-state index contributed by atoms with van der Waals surface area (Å²) in [4.78, 5) is 38.1. The summed E-state index contributed by atoms with van der Waals surface area (Å²) in [5, 5.41) is 12.7. The molecule has 146 valence electrons. The van der Waals surface area contributed by atoms with Crippen molar-refractivity contribution in [1.82, 2.24) is 5.32 Å². The van der Waals surface area contributed by atoms with Crippen molar-refractivity contribution in [2.45, 2.75) is 32.1 Å². The van der Waals surface area contributed by atoms with E-state index in [0.29, 0.717) is 30.5 Å². The third-order valence-corrected chi connectivity index (χ3v) is 5.51. The van der Waals surface area contributed by atoms with E-state index < -0.39 is 11.4 Å². The molecule has 0 bridgehead atoms. The highest BCUT2D eigenvalue weighted by Gasteiger charge is 2.39. The number of hydrogen-bond acceptors (Lipinski definition) is 3. The number of rotatable bonds is 6. The molecule has 6 heteroatoms. The number of amides is 2. The Morgan fingerprint density at radius 3 is 2.46 bits per heavy atom. The SMILES string of the molecule is CCC(CNC(=O)c1ccc2c(c1)CCN2C(C)=O)(C(=O)O)c1ccccc1. The van der Waals surface area contributed by atoms with Crippen LogP contribution < -0.4 is 10.2 Å². The Bertz CT molecular complexity index is 910. The Hall–Kier alpha value is -3.15. The summed E-state index contributed by atoms with van der Waals surface area (Å²) in [6.07, 6.45) is 1.05. The van der Waals surface area contributed by atoms with E-state index in [4.69, 9.17) is 0 Å². The minimum absolute atomic E-state index is 0.00165. The molecule has 2 N–H and O–H groups in total. The molecule has 0 spiro atoms. The number of aliphatic carboxylic acids is 1. The molecule has 2 aromatic rings. The fraction of sp³-hybridized carbons (Fsp3) is 0.318. The van der Waals surface area contributed by atoms with Crippen LogP contribution in [0.4, 0.5) is 5.69 Å². The van der Waals surface area contributed by atoms with Gasteiger partial charge in [-0.1, -0.05) is 37.3 Å². The zero-order valence-corrected chi connectivity index (χ0v) is 16.1. The maximum Gasteiger partial charge on any atom is 0.315 e. The van der Waals surface area contributed by atoms with Gasteiger partial charge in [0.1, 0.15) is 5.41 Å². The Morgan fingerprint density at radius 2 is 1.86 bits per heavy atom. The topological polar surface area (TPSA) is 86.7 Å². The normalized spacial score (nSPS) is 14.9. The van der Waals surface area contributed by atoms with Crippen LogP contribution in [0.15, 0.2) is 48.5 Å². The standard InChI is InChI=1S/C22H24N2O4/c1-3-22(21(27)28,18-7-5-4-6-8-18)14-23-20(26)17-9-10-19-16(13-17)11-12-24(19)15(2)25/h4-10,13H,3,11-12,14H2,1-2H3,(H,23,26)(H,27,28). The fourth-order valence-electron chi connectivity index (χ4n) is 3.74. The van der Waals surface area contributed by atoms with Crippen molar-refractivity contribution in [3.63, 3.8) is 0 Å². The van der Waals surface area contributed by atoms with E-state index in [1.54, 1.807) is 54.3 Å². The maximum atomic E-state index is 12.7. The molecule has 1 aliphatic rings. The van der Waals surface area contributed by atoms with Gasteiger partial charge in [-0.05, 0) is 42.2 Å². The van der Waals surface area contributed by atoms with E-state index in [9.17, 15) is 19.5 Å². The third-order valence-electron chi connectivity index (χ3n) is 5.51. The molecule has 0 saturated heterocycles. The molecule has 0 fully saturated rings. The second kappa shape index (κ2) is 7.84. The van der Waals surface area contributed by atoms with Gasteiger partial charge in [-0.15, -0.1) is 0 Å². The average molecular weight is 380 g/mol. The predicted molar refractivity (Wildman–Crippen MR) is 107 cm³/mol. The number of fused-ring (bicyclic) bond motifs is 1. The van der Waals surface area contributed by atoms with E-state index in [2.05, 4.69) is 5.32 Å². The van der Waals surface area contributed by atoms with Crippen molar-refractivity contribution >= 4 is 23.5 Å². The summed E-state index contributed by atoms with van der Waals surface area (Å²) in [7, 11) is 0. The lowest BCUT2D eigenvalue weighted by molar-refractivity contribution is -0.143. The van der Waals surface area contributed by atoms with E-state index in [-0.39, 0.29) is 18.4 Å². The Balaban J connectivity index is 1.79. The van der Waals surface area contributed by atoms with Crippen LogP contribution in [0, 0.1) is 0 Å². The predicted octanol–water partition coefficient (Wildman–Crippen LogP) is 2.76. The summed E-state index contributed by atoms with van der Waals surface area (Å²) in [5.74, 6) is -1.31. The zero-order chi connectivity index (χ0) is 20.3. The van der Waals surface area contributed by atoms with Gasteiger partial charge in [0.15, 0.2) is 0 Å². The van der Waals surface area contributed by atoms with Crippen molar-refractivity contribution in [1.29, 1.82) is 0 Å². The lowest BCUT2D eigenvalue weighted by Crippen LogP contribution is -2.46. The van der Waals surface area contributed by atoms with Gasteiger partial charge in [0, 0.05) is 31.3 Å². The Kier molecular flexibility index (Phi) is 5.49. The lowest BCUT2D eigenvalue weighted by Gasteiger charge is -2.29. The smallest absolute Gasteiger partial charge is 0.315 e. The molecule has 1 unspecified atom stereocenters. The molecule has 2 amide bonds. The second-order valence-corrected chi connectivity index (χ2v) is 7.05. The van der Waals surface area contributed by atoms with Gasteiger partial charge in [-0.2, -0.15) is 0 Å². The number of nitrogens with zero attached hydrogens (tertiary/aromatic N) is 1. The summed E-state index contributed by atoms with van der Waals surface area (Å²) >= 11 is 0. The minimum atomic E-state index is -1.18. The van der Waals surface area contributed by atoms with Gasteiger partial charge in [0.25, 0.3) is 5.91 Å². The molecule has 0 aromatic heterocycles. The second-order valence-electron chi connectivity index (χ2n) is 7.05. The number of hydrogen-bond donors (Lipinski definition) is 2. The highest BCUT2D eigenvalue weighted by atomic mass is 16.4. The molecule has 28 heavy (non-hydrogen) atoms. The van der Waals surface area contributed by atoms with Crippen LogP contribution >= 0.6 is 0 Å². The van der Waals surface area contributed by atoms with Gasteiger partial charge in [-0.25, -0.2) is 0 Å². The van der Waals surface area contributed by atoms with Gasteiger partial charge >= 0.3 is 5.97 Å². The molecule has 0 saturated carbocycles. The molecule has 1 aliphatic heterocycles. The monoisotopic (exact) mass is 380 g/mol.